The van der Waals surface area contributed by atoms with Crippen molar-refractivity contribution in [3.05, 3.63) is 54.6 Å². The van der Waals surface area contributed by atoms with Gasteiger partial charge in [0.2, 0.25) is 0 Å². The van der Waals surface area contributed by atoms with Crippen LogP contribution in [-0.2, 0) is 0 Å². The van der Waals surface area contributed by atoms with Crippen LogP contribution < -0.4 is 4.90 Å². The molecular formula is C14H15N3. The van der Waals surface area contributed by atoms with Crippen molar-refractivity contribution in [1.82, 2.24) is 9.97 Å². The van der Waals surface area contributed by atoms with Crippen molar-refractivity contribution in [3.63, 3.8) is 0 Å². The van der Waals surface area contributed by atoms with E-state index in [2.05, 4.69) is 39.1 Å². The highest BCUT2D eigenvalue weighted by Crippen LogP contribution is 2.34. The zero-order valence-electron chi connectivity index (χ0n) is 9.66. The van der Waals surface area contributed by atoms with E-state index in [0.717, 1.165) is 6.54 Å². The fraction of sp³-hybridized carbons (Fsp3) is 0.286. The van der Waals surface area contributed by atoms with Crippen LogP contribution in [0, 0.1) is 0 Å². The maximum absolute atomic E-state index is 4.48. The molecule has 2 aromatic heterocycles. The molecule has 0 spiro atoms. The number of pyridine rings is 2. The summed E-state index contributed by atoms with van der Waals surface area (Å²) in [6.07, 6.45) is 7.98. The Morgan fingerprint density at radius 3 is 2.71 bits per heavy atom. The van der Waals surface area contributed by atoms with Crippen molar-refractivity contribution in [2.45, 2.75) is 18.9 Å². The van der Waals surface area contributed by atoms with Gasteiger partial charge in [0.25, 0.3) is 0 Å². The molecule has 0 saturated carbocycles. The van der Waals surface area contributed by atoms with E-state index < -0.39 is 0 Å². The fourth-order valence-electron chi connectivity index (χ4n) is 2.49. The topological polar surface area (TPSA) is 29.0 Å². The summed E-state index contributed by atoms with van der Waals surface area (Å²) in [5.41, 5.74) is 2.41. The number of anilines is 1. The average molecular weight is 225 g/mol. The average Bonchev–Trinajstić information content (AvgIpc) is 2.90. The molecule has 0 aromatic carbocycles. The molecule has 1 aliphatic rings. The summed E-state index contributed by atoms with van der Waals surface area (Å²) in [5.74, 6) is 0. The van der Waals surface area contributed by atoms with Gasteiger partial charge in [0.1, 0.15) is 0 Å². The molecule has 86 valence electrons. The number of nitrogens with zero attached hydrogens (tertiary/aromatic N) is 3. The molecule has 3 heteroatoms. The largest absolute Gasteiger partial charge is 0.363 e. The van der Waals surface area contributed by atoms with E-state index in [0.29, 0.717) is 6.04 Å². The molecule has 1 unspecified atom stereocenters. The van der Waals surface area contributed by atoms with Gasteiger partial charge in [0.15, 0.2) is 0 Å². The number of rotatable bonds is 2. The van der Waals surface area contributed by atoms with E-state index >= 15 is 0 Å². The molecular weight excluding hydrogens is 210 g/mol. The monoisotopic (exact) mass is 225 g/mol. The minimum absolute atomic E-state index is 0.415. The summed E-state index contributed by atoms with van der Waals surface area (Å²) >= 11 is 0. The van der Waals surface area contributed by atoms with E-state index in [1.807, 2.05) is 24.7 Å². The van der Waals surface area contributed by atoms with Crippen LogP contribution in [-0.4, -0.2) is 16.5 Å². The predicted octanol–water partition coefficient (Wildman–Crippen LogP) is 2.82. The van der Waals surface area contributed by atoms with Gasteiger partial charge in [-0.05, 0) is 37.1 Å². The van der Waals surface area contributed by atoms with E-state index in [1.165, 1.54) is 24.2 Å². The quantitative estimate of drug-likeness (QED) is 0.787. The van der Waals surface area contributed by atoms with E-state index in [-0.39, 0.29) is 0 Å². The first-order valence-corrected chi connectivity index (χ1v) is 6.03. The third kappa shape index (κ3) is 2.00. The summed E-state index contributed by atoms with van der Waals surface area (Å²) < 4.78 is 0. The summed E-state index contributed by atoms with van der Waals surface area (Å²) in [4.78, 5) is 11.0. The fourth-order valence-corrected chi connectivity index (χ4v) is 2.49. The lowest BCUT2D eigenvalue weighted by Crippen LogP contribution is -2.23. The molecule has 3 heterocycles. The highest BCUT2D eigenvalue weighted by Gasteiger charge is 2.26. The number of hydrogen-bond acceptors (Lipinski definition) is 3. The molecule has 1 saturated heterocycles. The molecule has 0 bridgehead atoms. The van der Waals surface area contributed by atoms with Gasteiger partial charge in [-0.3, -0.25) is 9.97 Å². The van der Waals surface area contributed by atoms with Gasteiger partial charge in [0.05, 0.1) is 11.7 Å². The van der Waals surface area contributed by atoms with Crippen LogP contribution in [0.5, 0.6) is 0 Å². The maximum atomic E-state index is 4.48. The van der Waals surface area contributed by atoms with Crippen LogP contribution in [0.2, 0.25) is 0 Å². The normalized spacial score (nSPS) is 19.5. The third-order valence-electron chi connectivity index (χ3n) is 3.28. The maximum Gasteiger partial charge on any atom is 0.0714 e. The molecule has 1 fully saturated rings. The third-order valence-corrected chi connectivity index (χ3v) is 3.28. The summed E-state index contributed by atoms with van der Waals surface area (Å²) in [6, 6.07) is 10.7. The Balaban J connectivity index is 1.91. The Bertz CT molecular complexity index is 424. The van der Waals surface area contributed by atoms with Crippen LogP contribution >= 0.6 is 0 Å². The minimum atomic E-state index is 0.415. The van der Waals surface area contributed by atoms with Crippen LogP contribution in [0.3, 0.4) is 0 Å². The summed E-state index contributed by atoms with van der Waals surface area (Å²) in [6.45, 7) is 1.10. The Kier molecular flexibility index (Phi) is 2.74. The molecule has 0 N–H and O–H groups in total. The van der Waals surface area contributed by atoms with Crippen molar-refractivity contribution in [2.75, 3.05) is 11.4 Å². The Hall–Kier alpha value is -1.90. The van der Waals surface area contributed by atoms with Gasteiger partial charge in [-0.2, -0.15) is 0 Å². The Morgan fingerprint density at radius 2 is 1.94 bits per heavy atom. The van der Waals surface area contributed by atoms with Crippen molar-refractivity contribution in [1.29, 1.82) is 0 Å². The Labute approximate surface area is 101 Å². The van der Waals surface area contributed by atoms with Crippen LogP contribution in [0.1, 0.15) is 24.6 Å². The zero-order valence-corrected chi connectivity index (χ0v) is 9.66. The standard InChI is InChI=1S/C14H15N3/c1-2-8-16-13(4-1)14-5-3-11-17(14)12-6-9-15-10-7-12/h1-2,4,6-10,14H,3,5,11H2. The lowest BCUT2D eigenvalue weighted by atomic mass is 10.1. The van der Waals surface area contributed by atoms with Crippen LogP contribution in [0.25, 0.3) is 0 Å². The predicted molar refractivity (Wildman–Crippen MR) is 67.8 cm³/mol. The van der Waals surface area contributed by atoms with Gasteiger partial charge in [-0.1, -0.05) is 6.07 Å². The zero-order chi connectivity index (χ0) is 11.5. The summed E-state index contributed by atoms with van der Waals surface area (Å²) in [5, 5.41) is 0. The first-order valence-electron chi connectivity index (χ1n) is 6.03. The van der Waals surface area contributed by atoms with Gasteiger partial charge in [-0.15, -0.1) is 0 Å². The molecule has 0 radical (unpaired) electrons. The second kappa shape index (κ2) is 4.53. The highest BCUT2D eigenvalue weighted by atomic mass is 15.2. The molecule has 3 rings (SSSR count). The van der Waals surface area contributed by atoms with E-state index in [9.17, 15) is 0 Å². The van der Waals surface area contributed by atoms with Crippen LogP contribution in [0.15, 0.2) is 48.9 Å². The molecule has 1 aliphatic heterocycles. The highest BCUT2D eigenvalue weighted by molar-refractivity contribution is 5.48. The number of hydrogen-bond donors (Lipinski definition) is 0. The van der Waals surface area contributed by atoms with Gasteiger partial charge in [-0.25, -0.2) is 0 Å². The first kappa shape index (κ1) is 10.3. The SMILES string of the molecule is c1ccc(C2CCCN2c2ccncc2)nc1. The Morgan fingerprint density at radius 1 is 1.06 bits per heavy atom. The molecule has 0 aliphatic carbocycles. The molecule has 3 nitrogen and oxygen atoms in total. The second-order valence-corrected chi connectivity index (χ2v) is 4.31. The number of aromatic nitrogens is 2. The van der Waals surface area contributed by atoms with Gasteiger partial charge in [0, 0.05) is 30.8 Å². The van der Waals surface area contributed by atoms with Crippen molar-refractivity contribution >= 4 is 5.69 Å². The van der Waals surface area contributed by atoms with Gasteiger partial charge < -0.3 is 4.90 Å². The summed E-state index contributed by atoms with van der Waals surface area (Å²) in [7, 11) is 0. The van der Waals surface area contributed by atoms with Crippen molar-refractivity contribution in [2.24, 2.45) is 0 Å². The van der Waals surface area contributed by atoms with E-state index in [4.69, 9.17) is 0 Å². The molecule has 1 atom stereocenters. The lowest BCUT2D eigenvalue weighted by molar-refractivity contribution is 0.694. The molecule has 0 amide bonds. The second-order valence-electron chi connectivity index (χ2n) is 4.31. The van der Waals surface area contributed by atoms with Crippen molar-refractivity contribution in [3.8, 4) is 0 Å². The van der Waals surface area contributed by atoms with Crippen LogP contribution in [0.4, 0.5) is 5.69 Å². The smallest absolute Gasteiger partial charge is 0.0714 e. The first-order chi connectivity index (χ1) is 8.45. The lowest BCUT2D eigenvalue weighted by Gasteiger charge is -2.26. The minimum Gasteiger partial charge on any atom is -0.363 e. The molecule has 17 heavy (non-hydrogen) atoms. The van der Waals surface area contributed by atoms with Gasteiger partial charge >= 0.3 is 0 Å². The molecule has 2 aromatic rings. The van der Waals surface area contributed by atoms with Crippen molar-refractivity contribution < 1.29 is 0 Å². The van der Waals surface area contributed by atoms with E-state index in [1.54, 1.807) is 0 Å².